The van der Waals surface area contributed by atoms with Crippen molar-refractivity contribution in [3.63, 3.8) is 0 Å². The van der Waals surface area contributed by atoms with Gasteiger partial charge in [0.1, 0.15) is 17.0 Å². The van der Waals surface area contributed by atoms with Gasteiger partial charge in [-0.25, -0.2) is 4.98 Å². The second kappa shape index (κ2) is 4.73. The van der Waals surface area contributed by atoms with Crippen LogP contribution in [0.5, 0.6) is 0 Å². The third-order valence-corrected chi connectivity index (χ3v) is 3.52. The first-order valence-corrected chi connectivity index (χ1v) is 6.79. The zero-order chi connectivity index (χ0) is 15.1. The molecule has 0 fully saturated rings. The lowest BCUT2D eigenvalue weighted by Gasteiger charge is -2.04. The van der Waals surface area contributed by atoms with Gasteiger partial charge in [-0.3, -0.25) is 14.0 Å². The van der Waals surface area contributed by atoms with Crippen molar-refractivity contribution in [2.24, 2.45) is 7.05 Å². The van der Waals surface area contributed by atoms with Crippen LogP contribution in [0.25, 0.3) is 16.7 Å². The molecule has 0 radical (unpaired) electrons. The van der Waals surface area contributed by atoms with Gasteiger partial charge >= 0.3 is 0 Å². The number of aryl methyl sites for hydroxylation is 2. The van der Waals surface area contributed by atoms with Crippen molar-refractivity contribution in [2.75, 3.05) is 6.54 Å². The molecule has 6 heteroatoms. The summed E-state index contributed by atoms with van der Waals surface area (Å²) in [4.78, 5) is 29.1. The topological polar surface area (TPSA) is 68.4 Å². The van der Waals surface area contributed by atoms with Crippen molar-refractivity contribution in [1.82, 2.24) is 19.3 Å². The van der Waals surface area contributed by atoms with Crippen LogP contribution < -0.4 is 10.9 Å². The summed E-state index contributed by atoms with van der Waals surface area (Å²) in [5.74, 6) is -0.206. The Kier molecular flexibility index (Phi) is 3.01. The maximum Gasteiger partial charge on any atom is 0.267 e. The number of aromatic nitrogens is 3. The van der Waals surface area contributed by atoms with Gasteiger partial charge in [-0.05, 0) is 31.5 Å². The van der Waals surface area contributed by atoms with Gasteiger partial charge in [0.15, 0.2) is 0 Å². The summed E-state index contributed by atoms with van der Waals surface area (Å²) in [5, 5.41) is 3.18. The van der Waals surface area contributed by atoms with Crippen LogP contribution in [0, 0.1) is 6.92 Å². The number of nitrogens with one attached hydrogen (secondary N) is 1. The summed E-state index contributed by atoms with van der Waals surface area (Å²) in [6.45, 7) is 4.31. The number of nitrogens with zero attached hydrogens (tertiary/aromatic N) is 3. The van der Waals surface area contributed by atoms with Crippen LogP contribution >= 0.6 is 0 Å². The quantitative estimate of drug-likeness (QED) is 0.770. The number of hydrogen-bond donors (Lipinski definition) is 1. The van der Waals surface area contributed by atoms with Crippen LogP contribution in [0.4, 0.5) is 0 Å². The van der Waals surface area contributed by atoms with E-state index >= 15 is 0 Å². The van der Waals surface area contributed by atoms with Crippen LogP contribution in [0.15, 0.2) is 29.2 Å². The van der Waals surface area contributed by atoms with Crippen molar-refractivity contribution >= 4 is 22.6 Å². The van der Waals surface area contributed by atoms with Crippen molar-refractivity contribution in [3.8, 4) is 0 Å². The van der Waals surface area contributed by atoms with E-state index in [4.69, 9.17) is 0 Å². The highest BCUT2D eigenvalue weighted by molar-refractivity contribution is 5.97. The molecule has 0 aliphatic heterocycles. The molecule has 1 N–H and O–H groups in total. The molecule has 3 rings (SSSR count). The van der Waals surface area contributed by atoms with E-state index in [1.807, 2.05) is 19.9 Å². The zero-order valence-electron chi connectivity index (χ0n) is 12.2. The largest absolute Gasteiger partial charge is 0.351 e. The first-order valence-electron chi connectivity index (χ1n) is 6.79. The number of hydrogen-bond acceptors (Lipinski definition) is 3. The molecule has 0 spiro atoms. The van der Waals surface area contributed by atoms with E-state index in [9.17, 15) is 9.59 Å². The van der Waals surface area contributed by atoms with E-state index in [1.165, 1.54) is 4.40 Å². The van der Waals surface area contributed by atoms with E-state index in [0.717, 1.165) is 5.56 Å². The molecule has 0 bridgehead atoms. The molecule has 6 nitrogen and oxygen atoms in total. The number of carbonyl (C=O) groups is 1. The molecule has 21 heavy (non-hydrogen) atoms. The monoisotopic (exact) mass is 284 g/mol. The summed E-state index contributed by atoms with van der Waals surface area (Å²) in [6, 6.07) is 5.31. The normalized spacial score (nSPS) is 11.2. The van der Waals surface area contributed by atoms with Crippen LogP contribution in [0.1, 0.15) is 23.0 Å². The fourth-order valence-corrected chi connectivity index (χ4v) is 2.45. The predicted octanol–water partition coefficient (Wildman–Crippen LogP) is 1.24. The highest BCUT2D eigenvalue weighted by Crippen LogP contribution is 2.15. The summed E-state index contributed by atoms with van der Waals surface area (Å²) < 4.78 is 3.17. The molecule has 1 amide bonds. The molecular weight excluding hydrogens is 268 g/mol. The molecule has 0 saturated carbocycles. The lowest BCUT2D eigenvalue weighted by Crippen LogP contribution is -2.24. The van der Waals surface area contributed by atoms with Crippen molar-refractivity contribution in [1.29, 1.82) is 0 Å². The minimum Gasteiger partial charge on any atom is -0.351 e. The summed E-state index contributed by atoms with van der Waals surface area (Å²) in [7, 11) is 1.74. The Balaban J connectivity index is 2.36. The Hall–Kier alpha value is -2.63. The highest BCUT2D eigenvalue weighted by Gasteiger charge is 2.16. The third-order valence-electron chi connectivity index (χ3n) is 3.52. The number of amides is 1. The fourth-order valence-electron chi connectivity index (χ4n) is 2.45. The van der Waals surface area contributed by atoms with Crippen LogP contribution in [-0.4, -0.2) is 26.4 Å². The highest BCUT2D eigenvalue weighted by atomic mass is 16.2. The summed E-state index contributed by atoms with van der Waals surface area (Å²) in [5.41, 5.74) is 2.34. The maximum absolute atomic E-state index is 12.6. The molecule has 0 unspecified atom stereocenters. The Morgan fingerprint density at radius 3 is 2.86 bits per heavy atom. The van der Waals surface area contributed by atoms with Gasteiger partial charge in [-0.15, -0.1) is 0 Å². The number of pyridine rings is 1. The molecule has 108 valence electrons. The second-order valence-corrected chi connectivity index (χ2v) is 5.04. The van der Waals surface area contributed by atoms with Gasteiger partial charge in [-0.1, -0.05) is 6.07 Å². The smallest absolute Gasteiger partial charge is 0.267 e. The molecule has 0 aliphatic carbocycles. The zero-order valence-corrected chi connectivity index (χ0v) is 12.2. The van der Waals surface area contributed by atoms with Gasteiger partial charge < -0.3 is 9.88 Å². The van der Waals surface area contributed by atoms with Gasteiger partial charge in [0.2, 0.25) is 0 Å². The molecule has 3 aromatic rings. The van der Waals surface area contributed by atoms with Gasteiger partial charge in [0.05, 0.1) is 5.39 Å². The Bertz CT molecular complexity index is 921. The average Bonchev–Trinajstić information content (AvgIpc) is 2.78. The standard InChI is InChI=1S/C15H16N4O2/c1-4-16-14(20)11-7-10-13(18(11)3)17-12-6-5-9(2)8-19(12)15(10)21/h5-8H,4H2,1-3H3,(H,16,20). The van der Waals surface area contributed by atoms with Crippen molar-refractivity contribution < 1.29 is 4.79 Å². The summed E-state index contributed by atoms with van der Waals surface area (Å²) in [6.07, 6.45) is 1.75. The van der Waals surface area contributed by atoms with Crippen LogP contribution in [0.3, 0.4) is 0 Å². The minimum absolute atomic E-state index is 0.162. The molecular formula is C15H16N4O2. The minimum atomic E-state index is -0.206. The fraction of sp³-hybridized carbons (Fsp3) is 0.267. The number of rotatable bonds is 2. The lowest BCUT2D eigenvalue weighted by molar-refractivity contribution is 0.0948. The van der Waals surface area contributed by atoms with Crippen LogP contribution in [-0.2, 0) is 7.05 Å². The Labute approximate surface area is 121 Å². The Morgan fingerprint density at radius 1 is 1.38 bits per heavy atom. The molecule has 3 heterocycles. The van der Waals surface area contributed by atoms with E-state index in [2.05, 4.69) is 10.3 Å². The van der Waals surface area contributed by atoms with E-state index in [-0.39, 0.29) is 11.5 Å². The Morgan fingerprint density at radius 2 is 2.14 bits per heavy atom. The molecule has 3 aromatic heterocycles. The van der Waals surface area contributed by atoms with Crippen molar-refractivity contribution in [2.45, 2.75) is 13.8 Å². The predicted molar refractivity (Wildman–Crippen MR) is 80.7 cm³/mol. The van der Waals surface area contributed by atoms with E-state index in [1.54, 1.807) is 29.9 Å². The first-order chi connectivity index (χ1) is 10.0. The SMILES string of the molecule is CCNC(=O)c1cc2c(=O)n3cc(C)ccc3nc2n1C. The number of fused-ring (bicyclic) bond motifs is 2. The maximum atomic E-state index is 12.6. The molecule has 0 aliphatic rings. The lowest BCUT2D eigenvalue weighted by atomic mass is 10.3. The van der Waals surface area contributed by atoms with Gasteiger partial charge in [0.25, 0.3) is 11.5 Å². The second-order valence-electron chi connectivity index (χ2n) is 5.04. The van der Waals surface area contributed by atoms with E-state index in [0.29, 0.717) is 28.9 Å². The van der Waals surface area contributed by atoms with Gasteiger partial charge in [0, 0.05) is 19.8 Å². The first kappa shape index (κ1) is 13.4. The molecule has 0 saturated heterocycles. The summed E-state index contributed by atoms with van der Waals surface area (Å²) >= 11 is 0. The van der Waals surface area contributed by atoms with Crippen LogP contribution in [0.2, 0.25) is 0 Å². The van der Waals surface area contributed by atoms with Gasteiger partial charge in [-0.2, -0.15) is 0 Å². The number of carbonyl (C=O) groups excluding carboxylic acids is 1. The molecule has 0 aromatic carbocycles. The van der Waals surface area contributed by atoms with Crippen molar-refractivity contribution in [3.05, 3.63) is 46.0 Å². The van der Waals surface area contributed by atoms with E-state index < -0.39 is 0 Å². The molecule has 0 atom stereocenters. The third kappa shape index (κ3) is 1.99. The average molecular weight is 284 g/mol.